The molecule has 1 atom stereocenters. The summed E-state index contributed by atoms with van der Waals surface area (Å²) in [6.45, 7) is 6.96. The van der Waals surface area contributed by atoms with Crippen LogP contribution < -0.4 is 0 Å². The van der Waals surface area contributed by atoms with E-state index in [1.165, 1.54) is 0 Å². The van der Waals surface area contributed by atoms with E-state index in [4.69, 9.17) is 14.6 Å². The average Bonchev–Trinajstić information content (AvgIpc) is 2.12. The third-order valence-corrected chi connectivity index (χ3v) is 1.63. The number of rotatable bonds is 7. The highest BCUT2D eigenvalue weighted by atomic mass is 16.5. The van der Waals surface area contributed by atoms with Gasteiger partial charge in [-0.2, -0.15) is 0 Å². The van der Waals surface area contributed by atoms with Crippen molar-refractivity contribution in [2.24, 2.45) is 0 Å². The summed E-state index contributed by atoms with van der Waals surface area (Å²) < 4.78 is 10.4. The van der Waals surface area contributed by atoms with Crippen LogP contribution >= 0.6 is 0 Å². The smallest absolute Gasteiger partial charge is 0.331 e. The summed E-state index contributed by atoms with van der Waals surface area (Å²) in [6, 6.07) is 0. The molecule has 0 aromatic heterocycles. The zero-order chi connectivity index (χ0) is 11.0. The summed E-state index contributed by atoms with van der Waals surface area (Å²) in [6.07, 6.45) is 1.39. The lowest BCUT2D eigenvalue weighted by molar-refractivity contribution is -0.132. The topological polar surface area (TPSA) is 55.8 Å². The number of carboxylic acids is 1. The van der Waals surface area contributed by atoms with E-state index in [2.05, 4.69) is 0 Å². The molecule has 0 saturated carbocycles. The Morgan fingerprint density at radius 1 is 1.50 bits per heavy atom. The largest absolute Gasteiger partial charge is 0.478 e. The van der Waals surface area contributed by atoms with Crippen LogP contribution in [0.25, 0.3) is 0 Å². The van der Waals surface area contributed by atoms with Gasteiger partial charge in [-0.3, -0.25) is 0 Å². The molecule has 0 fully saturated rings. The third-order valence-electron chi connectivity index (χ3n) is 1.63. The van der Waals surface area contributed by atoms with Crippen LogP contribution in [0.2, 0.25) is 0 Å². The highest BCUT2D eigenvalue weighted by Gasteiger charge is 2.03. The maximum Gasteiger partial charge on any atom is 0.331 e. The van der Waals surface area contributed by atoms with Crippen molar-refractivity contribution in [3.05, 3.63) is 11.6 Å². The van der Waals surface area contributed by atoms with Crippen molar-refractivity contribution >= 4 is 5.97 Å². The summed E-state index contributed by atoms with van der Waals surface area (Å²) in [5, 5.41) is 8.59. The monoisotopic (exact) mass is 202 g/mol. The van der Waals surface area contributed by atoms with Gasteiger partial charge in [-0.25, -0.2) is 4.79 Å². The first kappa shape index (κ1) is 13.1. The molecule has 0 bridgehead atoms. The van der Waals surface area contributed by atoms with E-state index >= 15 is 0 Å². The van der Waals surface area contributed by atoms with Gasteiger partial charge in [0.25, 0.3) is 0 Å². The van der Waals surface area contributed by atoms with Crippen LogP contribution in [0.4, 0.5) is 0 Å². The Morgan fingerprint density at radius 3 is 2.64 bits per heavy atom. The second-order valence-electron chi connectivity index (χ2n) is 2.93. The lowest BCUT2D eigenvalue weighted by Crippen LogP contribution is -2.12. The Morgan fingerprint density at radius 2 is 2.14 bits per heavy atom. The van der Waals surface area contributed by atoms with Crippen molar-refractivity contribution in [3.63, 3.8) is 0 Å². The van der Waals surface area contributed by atoms with Crippen LogP contribution in [0.1, 0.15) is 20.8 Å². The van der Waals surface area contributed by atoms with Gasteiger partial charge >= 0.3 is 5.97 Å². The van der Waals surface area contributed by atoms with Crippen molar-refractivity contribution in [1.82, 2.24) is 0 Å². The number of hydrogen-bond acceptors (Lipinski definition) is 3. The first-order valence-electron chi connectivity index (χ1n) is 4.69. The number of carbonyl (C=O) groups is 1. The van der Waals surface area contributed by atoms with Gasteiger partial charge in [-0.15, -0.1) is 0 Å². The van der Waals surface area contributed by atoms with Gasteiger partial charge in [0.2, 0.25) is 0 Å². The molecule has 0 radical (unpaired) electrons. The molecule has 0 saturated heterocycles. The quantitative estimate of drug-likeness (QED) is 0.501. The second-order valence-corrected chi connectivity index (χ2v) is 2.93. The Bertz CT molecular complexity index is 198. The normalized spacial score (nSPS) is 14.1. The van der Waals surface area contributed by atoms with E-state index in [9.17, 15) is 4.79 Å². The van der Waals surface area contributed by atoms with Crippen LogP contribution in [-0.2, 0) is 14.3 Å². The van der Waals surface area contributed by atoms with Gasteiger partial charge in [0, 0.05) is 12.2 Å². The SMILES string of the molecule is CCOCCOC(C)C=C(C)C(=O)O. The Kier molecular flexibility index (Phi) is 7.06. The van der Waals surface area contributed by atoms with Gasteiger partial charge in [-0.05, 0) is 26.8 Å². The molecule has 1 unspecified atom stereocenters. The van der Waals surface area contributed by atoms with Gasteiger partial charge in [0.05, 0.1) is 19.3 Å². The summed E-state index contributed by atoms with van der Waals surface area (Å²) in [5.41, 5.74) is 0.300. The molecule has 4 heteroatoms. The molecule has 14 heavy (non-hydrogen) atoms. The molecule has 0 aliphatic heterocycles. The molecule has 0 aromatic rings. The number of aliphatic carboxylic acids is 1. The lowest BCUT2D eigenvalue weighted by atomic mass is 10.2. The van der Waals surface area contributed by atoms with E-state index in [1.807, 2.05) is 6.92 Å². The van der Waals surface area contributed by atoms with Gasteiger partial charge in [0.15, 0.2) is 0 Å². The van der Waals surface area contributed by atoms with Crippen molar-refractivity contribution in [1.29, 1.82) is 0 Å². The zero-order valence-corrected chi connectivity index (χ0v) is 8.95. The van der Waals surface area contributed by atoms with E-state index < -0.39 is 5.97 Å². The van der Waals surface area contributed by atoms with Crippen LogP contribution in [-0.4, -0.2) is 37.0 Å². The fraction of sp³-hybridized carbons (Fsp3) is 0.700. The molecule has 0 heterocycles. The minimum atomic E-state index is -0.912. The summed E-state index contributed by atoms with van der Waals surface area (Å²) in [7, 11) is 0. The average molecular weight is 202 g/mol. The molecule has 0 aliphatic rings. The second kappa shape index (κ2) is 7.53. The summed E-state index contributed by atoms with van der Waals surface area (Å²) >= 11 is 0. The minimum absolute atomic E-state index is 0.188. The van der Waals surface area contributed by atoms with Gasteiger partial charge in [0.1, 0.15) is 0 Å². The van der Waals surface area contributed by atoms with Gasteiger partial charge in [-0.1, -0.05) is 0 Å². The van der Waals surface area contributed by atoms with E-state index in [0.717, 1.165) is 0 Å². The maximum atomic E-state index is 10.5. The van der Waals surface area contributed by atoms with Crippen molar-refractivity contribution in [3.8, 4) is 0 Å². The van der Waals surface area contributed by atoms with E-state index in [0.29, 0.717) is 25.4 Å². The first-order chi connectivity index (χ1) is 6.57. The Hall–Kier alpha value is -0.870. The highest BCUT2D eigenvalue weighted by molar-refractivity contribution is 5.85. The van der Waals surface area contributed by atoms with Crippen molar-refractivity contribution in [2.75, 3.05) is 19.8 Å². The standard InChI is InChI=1S/C10H18O4/c1-4-13-5-6-14-9(3)7-8(2)10(11)12/h7,9H,4-6H2,1-3H3,(H,11,12). The molecular formula is C10H18O4. The maximum absolute atomic E-state index is 10.5. The molecule has 0 spiro atoms. The fourth-order valence-corrected chi connectivity index (χ4v) is 0.909. The predicted octanol–water partition coefficient (Wildman–Crippen LogP) is 1.46. The summed E-state index contributed by atoms with van der Waals surface area (Å²) in [5.74, 6) is -0.912. The van der Waals surface area contributed by atoms with Crippen LogP contribution in [0.3, 0.4) is 0 Å². The zero-order valence-electron chi connectivity index (χ0n) is 8.95. The molecule has 1 N–H and O–H groups in total. The molecule has 0 aliphatic carbocycles. The molecular weight excluding hydrogens is 184 g/mol. The molecule has 4 nitrogen and oxygen atoms in total. The molecule has 82 valence electrons. The van der Waals surface area contributed by atoms with Crippen molar-refractivity contribution in [2.45, 2.75) is 26.9 Å². The molecule has 0 amide bonds. The molecule has 0 rings (SSSR count). The number of carboxylic acid groups (broad SMARTS) is 1. The number of ether oxygens (including phenoxy) is 2. The fourth-order valence-electron chi connectivity index (χ4n) is 0.909. The molecule has 0 aromatic carbocycles. The lowest BCUT2D eigenvalue weighted by Gasteiger charge is -2.09. The Balaban J connectivity index is 3.69. The predicted molar refractivity (Wildman–Crippen MR) is 53.3 cm³/mol. The minimum Gasteiger partial charge on any atom is -0.478 e. The van der Waals surface area contributed by atoms with Gasteiger partial charge < -0.3 is 14.6 Å². The third kappa shape index (κ3) is 6.62. The van der Waals surface area contributed by atoms with Crippen LogP contribution in [0, 0.1) is 0 Å². The number of hydrogen-bond donors (Lipinski definition) is 1. The first-order valence-corrected chi connectivity index (χ1v) is 4.69. The van der Waals surface area contributed by atoms with Crippen molar-refractivity contribution < 1.29 is 19.4 Å². The van der Waals surface area contributed by atoms with Crippen LogP contribution in [0.5, 0.6) is 0 Å². The van der Waals surface area contributed by atoms with E-state index in [-0.39, 0.29) is 6.10 Å². The highest BCUT2D eigenvalue weighted by Crippen LogP contribution is 1.99. The van der Waals surface area contributed by atoms with Crippen LogP contribution in [0.15, 0.2) is 11.6 Å². The Labute approximate surface area is 84.5 Å². The summed E-state index contributed by atoms with van der Waals surface area (Å²) in [4.78, 5) is 10.5. The van der Waals surface area contributed by atoms with E-state index in [1.54, 1.807) is 19.9 Å².